The molecular formula is C26H24ClN3O4S. The van der Waals surface area contributed by atoms with Crippen LogP contribution in [-0.2, 0) is 16.6 Å². The first-order valence-electron chi connectivity index (χ1n) is 10.8. The van der Waals surface area contributed by atoms with Gasteiger partial charge in [-0.3, -0.25) is 9.48 Å². The molecule has 3 aromatic carbocycles. The van der Waals surface area contributed by atoms with Crippen molar-refractivity contribution < 1.29 is 17.9 Å². The predicted octanol–water partition coefficient (Wildman–Crippen LogP) is 5.00. The topological polar surface area (TPSA) is 90.3 Å². The number of halogens is 1. The van der Waals surface area contributed by atoms with Crippen LogP contribution >= 0.6 is 11.6 Å². The molecule has 1 heterocycles. The number of nitrogens with zero attached hydrogens (tertiary/aromatic N) is 2. The maximum absolute atomic E-state index is 13.2. The molecule has 0 radical (unpaired) electrons. The Labute approximate surface area is 209 Å². The highest BCUT2D eigenvalue weighted by atomic mass is 35.5. The molecule has 1 aromatic heterocycles. The van der Waals surface area contributed by atoms with Crippen LogP contribution in [0.4, 0.5) is 0 Å². The van der Waals surface area contributed by atoms with E-state index in [4.69, 9.17) is 16.3 Å². The maximum Gasteiger partial charge on any atom is 0.283 e. The minimum absolute atomic E-state index is 0.00294. The van der Waals surface area contributed by atoms with E-state index in [9.17, 15) is 13.2 Å². The lowest BCUT2D eigenvalue weighted by atomic mass is 10.0. The average molecular weight is 510 g/mol. The monoisotopic (exact) mass is 509 g/mol. The maximum atomic E-state index is 13.2. The number of aryl methyl sites for hydroxylation is 2. The molecule has 0 saturated carbocycles. The van der Waals surface area contributed by atoms with Gasteiger partial charge in [0.25, 0.3) is 15.9 Å². The van der Waals surface area contributed by atoms with E-state index in [-0.39, 0.29) is 17.1 Å². The molecule has 0 aliphatic heterocycles. The van der Waals surface area contributed by atoms with Gasteiger partial charge in [-0.25, -0.2) is 13.1 Å². The van der Waals surface area contributed by atoms with E-state index in [1.807, 2.05) is 32.0 Å². The summed E-state index contributed by atoms with van der Waals surface area (Å²) in [5, 5.41) is 5.09. The van der Waals surface area contributed by atoms with Crippen molar-refractivity contribution in [2.24, 2.45) is 0 Å². The van der Waals surface area contributed by atoms with Crippen LogP contribution in [0.1, 0.15) is 27.2 Å². The van der Waals surface area contributed by atoms with Gasteiger partial charge in [-0.1, -0.05) is 54.1 Å². The summed E-state index contributed by atoms with van der Waals surface area (Å²) < 4.78 is 34.6. The number of nitrogens with one attached hydrogen (secondary N) is 1. The fraction of sp³-hybridized carbons (Fsp3) is 0.154. The van der Waals surface area contributed by atoms with Gasteiger partial charge in [-0.2, -0.15) is 5.10 Å². The van der Waals surface area contributed by atoms with E-state index in [0.717, 1.165) is 16.7 Å². The first-order chi connectivity index (χ1) is 16.7. The first-order valence-corrected chi connectivity index (χ1v) is 12.6. The molecule has 0 bridgehead atoms. The van der Waals surface area contributed by atoms with Crippen molar-refractivity contribution in [2.45, 2.75) is 25.3 Å². The van der Waals surface area contributed by atoms with Gasteiger partial charge in [-0.05, 0) is 60.9 Å². The van der Waals surface area contributed by atoms with Crippen molar-refractivity contribution in [1.29, 1.82) is 0 Å². The Bertz CT molecular complexity index is 1480. The second-order valence-corrected chi connectivity index (χ2v) is 10.1. The van der Waals surface area contributed by atoms with Crippen LogP contribution in [0.2, 0.25) is 5.02 Å². The summed E-state index contributed by atoms with van der Waals surface area (Å²) in [6, 6.07) is 20.4. The Balaban J connectivity index is 1.77. The van der Waals surface area contributed by atoms with Crippen molar-refractivity contribution in [3.8, 4) is 17.0 Å². The molecular weight excluding hydrogens is 486 g/mol. The number of benzene rings is 3. The number of hydrogen-bond donors (Lipinski definition) is 1. The number of carbonyl (C=O) groups excluding carboxylic acids is 1. The predicted molar refractivity (Wildman–Crippen MR) is 135 cm³/mol. The van der Waals surface area contributed by atoms with E-state index in [1.54, 1.807) is 42.5 Å². The fourth-order valence-electron chi connectivity index (χ4n) is 3.76. The molecule has 35 heavy (non-hydrogen) atoms. The van der Waals surface area contributed by atoms with E-state index >= 15 is 0 Å². The zero-order valence-electron chi connectivity index (χ0n) is 19.4. The van der Waals surface area contributed by atoms with Crippen LogP contribution < -0.4 is 9.46 Å². The highest BCUT2D eigenvalue weighted by molar-refractivity contribution is 7.90. The molecule has 0 saturated heterocycles. The molecule has 7 nitrogen and oxygen atoms in total. The Hall–Kier alpha value is -3.62. The molecule has 0 atom stereocenters. The van der Waals surface area contributed by atoms with Gasteiger partial charge in [0.15, 0.2) is 0 Å². The molecule has 0 fully saturated rings. The number of ether oxygens (including phenoxy) is 1. The van der Waals surface area contributed by atoms with Gasteiger partial charge in [0.2, 0.25) is 0 Å². The summed E-state index contributed by atoms with van der Waals surface area (Å²) in [5.41, 5.74) is 4.34. The lowest BCUT2D eigenvalue weighted by molar-refractivity contribution is 0.0971. The van der Waals surface area contributed by atoms with Crippen molar-refractivity contribution in [3.63, 3.8) is 0 Å². The van der Waals surface area contributed by atoms with E-state index in [1.165, 1.54) is 23.9 Å². The molecule has 1 N–H and O–H groups in total. The highest BCUT2D eigenvalue weighted by Crippen LogP contribution is 2.30. The molecule has 4 rings (SSSR count). The Morgan fingerprint density at radius 2 is 1.69 bits per heavy atom. The number of carbonyl (C=O) groups is 1. The third kappa shape index (κ3) is 5.23. The summed E-state index contributed by atoms with van der Waals surface area (Å²) >= 11 is 6.16. The van der Waals surface area contributed by atoms with Crippen LogP contribution in [0.5, 0.6) is 5.75 Å². The van der Waals surface area contributed by atoms with Crippen molar-refractivity contribution >= 4 is 27.5 Å². The van der Waals surface area contributed by atoms with E-state index in [0.29, 0.717) is 22.0 Å². The standard InChI is InChI=1S/C26H24ClN3O4S/c1-17-8-7-9-18(2)21(17)16-30-24(26(31)29-35(32,33)20-10-5-4-6-11-20)15-23(28-30)19-12-13-22(27)25(14-19)34-3/h4-15H,16H2,1-3H3,(H,29,31). The van der Waals surface area contributed by atoms with Crippen molar-refractivity contribution in [3.05, 3.63) is 100 Å². The summed E-state index contributed by atoms with van der Waals surface area (Å²) in [6.45, 7) is 4.25. The van der Waals surface area contributed by atoms with Crippen LogP contribution in [0.25, 0.3) is 11.3 Å². The van der Waals surface area contributed by atoms with E-state index < -0.39 is 15.9 Å². The molecule has 180 valence electrons. The first kappa shape index (κ1) is 24.5. The number of rotatable bonds is 7. The van der Waals surface area contributed by atoms with E-state index in [2.05, 4.69) is 9.82 Å². The summed E-state index contributed by atoms with van der Waals surface area (Å²) in [7, 11) is -2.55. The largest absolute Gasteiger partial charge is 0.495 e. The summed E-state index contributed by atoms with van der Waals surface area (Å²) in [6.07, 6.45) is 0. The number of aromatic nitrogens is 2. The van der Waals surface area contributed by atoms with Crippen LogP contribution in [0.3, 0.4) is 0 Å². The molecule has 9 heteroatoms. The second-order valence-electron chi connectivity index (χ2n) is 8.04. The average Bonchev–Trinajstić information content (AvgIpc) is 3.26. The molecule has 1 amide bonds. The Morgan fingerprint density at radius 1 is 1.00 bits per heavy atom. The molecule has 0 unspecified atom stereocenters. The number of methoxy groups -OCH3 is 1. The third-order valence-electron chi connectivity index (χ3n) is 5.69. The van der Waals surface area contributed by atoms with Gasteiger partial charge >= 0.3 is 0 Å². The SMILES string of the molecule is COc1cc(-c2cc(C(=O)NS(=O)(=O)c3ccccc3)n(Cc3c(C)cccc3C)n2)ccc1Cl. The fourth-order valence-corrected chi connectivity index (χ4v) is 4.94. The van der Waals surface area contributed by atoms with Crippen molar-refractivity contribution in [1.82, 2.24) is 14.5 Å². The number of amides is 1. The van der Waals surface area contributed by atoms with Gasteiger partial charge in [0.05, 0.1) is 29.3 Å². The zero-order chi connectivity index (χ0) is 25.2. The van der Waals surface area contributed by atoms with Crippen molar-refractivity contribution in [2.75, 3.05) is 7.11 Å². The highest BCUT2D eigenvalue weighted by Gasteiger charge is 2.23. The minimum atomic E-state index is -4.06. The van der Waals surface area contributed by atoms with Crippen LogP contribution in [0.15, 0.2) is 77.7 Å². The molecule has 0 aliphatic rings. The lowest BCUT2D eigenvalue weighted by Crippen LogP contribution is -2.32. The van der Waals surface area contributed by atoms with Gasteiger partial charge in [0, 0.05) is 5.56 Å². The zero-order valence-corrected chi connectivity index (χ0v) is 21.0. The van der Waals surface area contributed by atoms with Gasteiger partial charge in [-0.15, -0.1) is 0 Å². The van der Waals surface area contributed by atoms with Gasteiger partial charge in [0.1, 0.15) is 11.4 Å². The normalized spacial score (nSPS) is 11.3. The van der Waals surface area contributed by atoms with Crippen LogP contribution in [-0.4, -0.2) is 31.2 Å². The minimum Gasteiger partial charge on any atom is -0.495 e. The molecule has 4 aromatic rings. The molecule has 0 spiro atoms. The summed E-state index contributed by atoms with van der Waals surface area (Å²) in [5.74, 6) is -0.314. The Morgan fingerprint density at radius 3 is 2.34 bits per heavy atom. The van der Waals surface area contributed by atoms with Gasteiger partial charge < -0.3 is 4.74 Å². The summed E-state index contributed by atoms with van der Waals surface area (Å²) in [4.78, 5) is 13.2. The van der Waals surface area contributed by atoms with Crippen LogP contribution in [0, 0.1) is 13.8 Å². The second kappa shape index (κ2) is 9.93. The quantitative estimate of drug-likeness (QED) is 0.379. The lowest BCUT2D eigenvalue weighted by Gasteiger charge is -2.13. The number of sulfonamides is 1. The smallest absolute Gasteiger partial charge is 0.283 e. The molecule has 0 aliphatic carbocycles. The third-order valence-corrected chi connectivity index (χ3v) is 7.35. The Kier molecular flexibility index (Phi) is 6.95. The number of hydrogen-bond acceptors (Lipinski definition) is 5.